The zero-order chi connectivity index (χ0) is 21.7. The van der Waals surface area contributed by atoms with Crippen LogP contribution in [0.25, 0.3) is 6.08 Å². The molecule has 2 aromatic carbocycles. The molecule has 30 heavy (non-hydrogen) atoms. The average Bonchev–Trinajstić information content (AvgIpc) is 3.23. The Morgan fingerprint density at radius 3 is 2.47 bits per heavy atom. The number of hydrogen-bond donors (Lipinski definition) is 2. The van der Waals surface area contributed by atoms with E-state index in [-0.39, 0.29) is 18.1 Å². The summed E-state index contributed by atoms with van der Waals surface area (Å²) in [5.74, 6) is -0.412. The molecule has 0 aliphatic heterocycles. The fourth-order valence-electron chi connectivity index (χ4n) is 2.68. The second-order valence-corrected chi connectivity index (χ2v) is 7.57. The van der Waals surface area contributed by atoms with Crippen LogP contribution in [-0.4, -0.2) is 11.8 Å². The molecule has 3 aromatic rings. The van der Waals surface area contributed by atoms with Gasteiger partial charge in [0.1, 0.15) is 11.5 Å². The first kappa shape index (κ1) is 21.7. The highest BCUT2D eigenvalue weighted by Gasteiger charge is 2.16. The van der Waals surface area contributed by atoms with Crippen molar-refractivity contribution in [2.45, 2.75) is 20.4 Å². The Hall–Kier alpha value is -3.02. The van der Waals surface area contributed by atoms with Crippen molar-refractivity contribution in [1.29, 1.82) is 0 Å². The van der Waals surface area contributed by atoms with Gasteiger partial charge in [-0.3, -0.25) is 9.59 Å². The SMILES string of the molecule is Cc1ccc(C(=O)NC(=Cc2ccco2)C(=O)NCc2ccc(Cl)c(Cl)c2)cc1C. The standard InChI is InChI=1S/C23H20Cl2N2O3/c1-14-5-7-17(10-15(14)2)22(28)27-21(12-18-4-3-9-30-18)23(29)26-13-16-6-8-19(24)20(25)11-16/h3-12H,13H2,1-2H3,(H,26,29)(H,27,28). The van der Waals surface area contributed by atoms with Gasteiger partial charge in [0.2, 0.25) is 0 Å². The van der Waals surface area contributed by atoms with Gasteiger partial charge in [0, 0.05) is 18.2 Å². The lowest BCUT2D eigenvalue weighted by molar-refractivity contribution is -0.117. The van der Waals surface area contributed by atoms with E-state index in [4.69, 9.17) is 27.6 Å². The van der Waals surface area contributed by atoms with E-state index in [1.54, 1.807) is 42.5 Å². The normalized spacial score (nSPS) is 11.3. The van der Waals surface area contributed by atoms with Gasteiger partial charge in [0.25, 0.3) is 11.8 Å². The smallest absolute Gasteiger partial charge is 0.268 e. The van der Waals surface area contributed by atoms with E-state index in [9.17, 15) is 9.59 Å². The second kappa shape index (κ2) is 9.65. The molecule has 0 unspecified atom stereocenters. The minimum atomic E-state index is -0.463. The fourth-order valence-corrected chi connectivity index (χ4v) is 3.00. The number of nitrogens with one attached hydrogen (secondary N) is 2. The summed E-state index contributed by atoms with van der Waals surface area (Å²) >= 11 is 11.9. The highest BCUT2D eigenvalue weighted by molar-refractivity contribution is 6.42. The minimum absolute atomic E-state index is 0.0632. The molecule has 7 heteroatoms. The van der Waals surface area contributed by atoms with Crippen LogP contribution in [0.4, 0.5) is 0 Å². The fraction of sp³-hybridized carbons (Fsp3) is 0.130. The highest BCUT2D eigenvalue weighted by Crippen LogP contribution is 2.22. The number of aryl methyl sites for hydroxylation is 2. The molecular formula is C23H20Cl2N2O3. The van der Waals surface area contributed by atoms with E-state index < -0.39 is 5.91 Å². The monoisotopic (exact) mass is 442 g/mol. The molecule has 1 aromatic heterocycles. The predicted molar refractivity (Wildman–Crippen MR) is 118 cm³/mol. The maximum Gasteiger partial charge on any atom is 0.268 e. The van der Waals surface area contributed by atoms with E-state index in [1.165, 1.54) is 12.3 Å². The third kappa shape index (κ3) is 5.53. The summed E-state index contributed by atoms with van der Waals surface area (Å²) in [5, 5.41) is 6.28. The van der Waals surface area contributed by atoms with Gasteiger partial charge in [-0.05, 0) is 66.9 Å². The van der Waals surface area contributed by atoms with Crippen molar-refractivity contribution in [2.24, 2.45) is 0 Å². The van der Waals surface area contributed by atoms with Gasteiger partial charge < -0.3 is 15.1 Å². The van der Waals surface area contributed by atoms with Crippen molar-refractivity contribution >= 4 is 41.1 Å². The van der Waals surface area contributed by atoms with Crippen LogP contribution in [0.15, 0.2) is 64.9 Å². The molecule has 5 nitrogen and oxygen atoms in total. The summed E-state index contributed by atoms with van der Waals surface area (Å²) in [5.41, 5.74) is 3.37. The molecule has 0 bridgehead atoms. The van der Waals surface area contributed by atoms with E-state index in [1.807, 2.05) is 19.9 Å². The molecule has 1 heterocycles. The van der Waals surface area contributed by atoms with Crippen molar-refractivity contribution in [3.8, 4) is 0 Å². The number of furan rings is 1. The van der Waals surface area contributed by atoms with Gasteiger partial charge in [-0.15, -0.1) is 0 Å². The van der Waals surface area contributed by atoms with Crippen molar-refractivity contribution in [1.82, 2.24) is 10.6 Å². The largest absolute Gasteiger partial charge is 0.465 e. The first-order valence-electron chi connectivity index (χ1n) is 9.19. The molecule has 0 radical (unpaired) electrons. The molecular weight excluding hydrogens is 423 g/mol. The van der Waals surface area contributed by atoms with Gasteiger partial charge in [-0.25, -0.2) is 0 Å². The van der Waals surface area contributed by atoms with E-state index in [0.29, 0.717) is 21.4 Å². The molecule has 2 N–H and O–H groups in total. The van der Waals surface area contributed by atoms with Gasteiger partial charge in [-0.1, -0.05) is 35.3 Å². The quantitative estimate of drug-likeness (QED) is 0.509. The highest BCUT2D eigenvalue weighted by atomic mass is 35.5. The molecule has 3 rings (SSSR count). The molecule has 0 spiro atoms. The van der Waals surface area contributed by atoms with Crippen LogP contribution in [-0.2, 0) is 11.3 Å². The Bertz CT molecular complexity index is 1110. The number of rotatable bonds is 6. The number of amides is 2. The number of benzene rings is 2. The molecule has 154 valence electrons. The van der Waals surface area contributed by atoms with Gasteiger partial charge >= 0.3 is 0 Å². The summed E-state index contributed by atoms with van der Waals surface area (Å²) in [6, 6.07) is 13.8. The molecule has 0 atom stereocenters. The van der Waals surface area contributed by atoms with Crippen molar-refractivity contribution in [3.63, 3.8) is 0 Å². The third-order valence-electron chi connectivity index (χ3n) is 4.53. The Morgan fingerprint density at radius 1 is 1.00 bits per heavy atom. The molecule has 2 amide bonds. The number of halogens is 2. The van der Waals surface area contributed by atoms with Crippen molar-refractivity contribution < 1.29 is 14.0 Å². The Balaban J connectivity index is 1.78. The summed E-state index contributed by atoms with van der Waals surface area (Å²) in [6.07, 6.45) is 2.96. The van der Waals surface area contributed by atoms with Crippen LogP contribution >= 0.6 is 23.2 Å². The molecule has 0 fully saturated rings. The van der Waals surface area contributed by atoms with Crippen LogP contribution in [0, 0.1) is 13.8 Å². The van der Waals surface area contributed by atoms with Crippen LogP contribution in [0.2, 0.25) is 10.0 Å². The topological polar surface area (TPSA) is 71.3 Å². The van der Waals surface area contributed by atoms with Crippen molar-refractivity contribution in [2.75, 3.05) is 0 Å². The zero-order valence-corrected chi connectivity index (χ0v) is 18.0. The van der Waals surface area contributed by atoms with Crippen molar-refractivity contribution in [3.05, 3.63) is 98.6 Å². The molecule has 0 aliphatic carbocycles. The molecule has 0 saturated heterocycles. The van der Waals surface area contributed by atoms with Crippen LogP contribution in [0.1, 0.15) is 32.8 Å². The zero-order valence-electron chi connectivity index (χ0n) is 16.5. The average molecular weight is 443 g/mol. The number of hydrogen-bond acceptors (Lipinski definition) is 3. The second-order valence-electron chi connectivity index (χ2n) is 6.76. The number of carbonyl (C=O) groups excluding carboxylic acids is 2. The predicted octanol–water partition coefficient (Wildman–Crippen LogP) is 5.29. The lowest BCUT2D eigenvalue weighted by Gasteiger charge is -2.12. The Labute approximate surface area is 184 Å². The summed E-state index contributed by atoms with van der Waals surface area (Å²) in [7, 11) is 0. The summed E-state index contributed by atoms with van der Waals surface area (Å²) in [4.78, 5) is 25.5. The van der Waals surface area contributed by atoms with E-state index >= 15 is 0 Å². The lowest BCUT2D eigenvalue weighted by atomic mass is 10.1. The first-order valence-corrected chi connectivity index (χ1v) is 9.95. The Kier molecular flexibility index (Phi) is 6.98. The van der Waals surface area contributed by atoms with Crippen LogP contribution < -0.4 is 10.6 Å². The minimum Gasteiger partial charge on any atom is -0.465 e. The summed E-state index contributed by atoms with van der Waals surface area (Å²) in [6.45, 7) is 4.11. The van der Waals surface area contributed by atoms with E-state index in [0.717, 1.165) is 16.7 Å². The maximum absolute atomic E-state index is 12.8. The van der Waals surface area contributed by atoms with Crippen LogP contribution in [0.3, 0.4) is 0 Å². The number of carbonyl (C=O) groups is 2. The van der Waals surface area contributed by atoms with Gasteiger partial charge in [0.05, 0.1) is 16.3 Å². The van der Waals surface area contributed by atoms with Gasteiger partial charge in [-0.2, -0.15) is 0 Å². The first-order chi connectivity index (χ1) is 14.3. The van der Waals surface area contributed by atoms with E-state index in [2.05, 4.69) is 10.6 Å². The Morgan fingerprint density at radius 2 is 1.80 bits per heavy atom. The maximum atomic E-state index is 12.8. The molecule has 0 saturated carbocycles. The molecule has 0 aliphatic rings. The lowest BCUT2D eigenvalue weighted by Crippen LogP contribution is -2.34. The summed E-state index contributed by atoms with van der Waals surface area (Å²) < 4.78 is 5.29. The van der Waals surface area contributed by atoms with Crippen LogP contribution in [0.5, 0.6) is 0 Å². The third-order valence-corrected chi connectivity index (χ3v) is 5.27. The van der Waals surface area contributed by atoms with Gasteiger partial charge in [0.15, 0.2) is 0 Å².